The molecule has 4 rings (SSSR count). The fourth-order valence-corrected chi connectivity index (χ4v) is 4.00. The summed E-state index contributed by atoms with van der Waals surface area (Å²) in [6.07, 6.45) is 5.14. The molecule has 0 aliphatic carbocycles. The summed E-state index contributed by atoms with van der Waals surface area (Å²) in [4.78, 5) is 24.7. The van der Waals surface area contributed by atoms with E-state index in [2.05, 4.69) is 15.3 Å². The summed E-state index contributed by atoms with van der Waals surface area (Å²) in [6.45, 7) is 1.69. The van der Waals surface area contributed by atoms with Crippen molar-refractivity contribution < 1.29 is 23.0 Å². The van der Waals surface area contributed by atoms with Crippen LogP contribution < -0.4 is 14.8 Å². The second-order valence-corrected chi connectivity index (χ2v) is 8.95. The maximum atomic E-state index is 14.5. The Morgan fingerprint density at radius 1 is 1.28 bits per heavy atom. The number of aromatic nitrogens is 2. The average molecular weight is 518 g/mol. The molecule has 1 N–H and O–H groups in total. The zero-order valence-electron chi connectivity index (χ0n) is 20.1. The van der Waals surface area contributed by atoms with Gasteiger partial charge in [0.1, 0.15) is 29.1 Å². The zero-order valence-corrected chi connectivity index (χ0v) is 20.9. The minimum absolute atomic E-state index is 0.0352. The summed E-state index contributed by atoms with van der Waals surface area (Å²) in [6, 6.07) is 5.69. The van der Waals surface area contributed by atoms with Crippen LogP contribution in [0.3, 0.4) is 0 Å². The number of halogens is 3. The SMILES string of the molecule is COc1cc2ncnc(Nc3ccc(F)c(Cl)c3F)c2cc1O[C@H]1CCN(C(=O)C=CCN(C)C)C1. The lowest BCUT2D eigenvalue weighted by Gasteiger charge is -2.18. The van der Waals surface area contributed by atoms with Crippen molar-refractivity contribution >= 4 is 39.9 Å². The highest BCUT2D eigenvalue weighted by Gasteiger charge is 2.27. The van der Waals surface area contributed by atoms with Gasteiger partial charge < -0.3 is 24.6 Å². The van der Waals surface area contributed by atoms with Gasteiger partial charge in [0.2, 0.25) is 5.91 Å². The number of hydrogen-bond acceptors (Lipinski definition) is 7. The van der Waals surface area contributed by atoms with Gasteiger partial charge in [-0.15, -0.1) is 0 Å². The van der Waals surface area contributed by atoms with Crippen molar-refractivity contribution in [1.82, 2.24) is 19.8 Å². The van der Waals surface area contributed by atoms with Crippen molar-refractivity contribution in [3.63, 3.8) is 0 Å². The molecule has 1 aliphatic heterocycles. The fourth-order valence-electron chi connectivity index (χ4n) is 3.84. The fraction of sp³-hybridized carbons (Fsp3) is 0.320. The molecule has 2 aromatic carbocycles. The van der Waals surface area contributed by atoms with E-state index in [4.69, 9.17) is 21.1 Å². The number of fused-ring (bicyclic) bond motifs is 1. The molecule has 11 heteroatoms. The number of nitrogens with one attached hydrogen (secondary N) is 1. The molecule has 0 spiro atoms. The summed E-state index contributed by atoms with van der Waals surface area (Å²) >= 11 is 5.71. The molecule has 1 atom stereocenters. The van der Waals surface area contributed by atoms with Crippen LogP contribution in [0.4, 0.5) is 20.3 Å². The number of anilines is 2. The van der Waals surface area contributed by atoms with E-state index >= 15 is 0 Å². The van der Waals surface area contributed by atoms with E-state index < -0.39 is 16.7 Å². The molecule has 1 fully saturated rings. The van der Waals surface area contributed by atoms with Crippen molar-refractivity contribution in [3.8, 4) is 11.5 Å². The molecular weight excluding hydrogens is 492 g/mol. The second kappa shape index (κ2) is 11.0. The molecule has 1 amide bonds. The predicted octanol–water partition coefficient (Wildman–Crippen LogP) is 4.41. The highest BCUT2D eigenvalue weighted by molar-refractivity contribution is 6.31. The summed E-state index contributed by atoms with van der Waals surface area (Å²) in [5.74, 6) is -0.674. The maximum Gasteiger partial charge on any atom is 0.246 e. The van der Waals surface area contributed by atoms with Crippen LogP contribution in [0, 0.1) is 11.6 Å². The van der Waals surface area contributed by atoms with E-state index in [1.807, 2.05) is 25.1 Å². The van der Waals surface area contributed by atoms with Crippen LogP contribution in [0.15, 0.2) is 42.7 Å². The molecule has 2 heterocycles. The third kappa shape index (κ3) is 5.66. The number of ether oxygens (including phenoxy) is 2. The number of carbonyl (C=O) groups is 1. The van der Waals surface area contributed by atoms with Gasteiger partial charge in [-0.3, -0.25) is 4.79 Å². The van der Waals surface area contributed by atoms with Crippen molar-refractivity contribution in [3.05, 3.63) is 59.4 Å². The lowest BCUT2D eigenvalue weighted by atomic mass is 10.2. The lowest BCUT2D eigenvalue weighted by Crippen LogP contribution is -2.29. The molecule has 1 aromatic heterocycles. The highest BCUT2D eigenvalue weighted by Crippen LogP contribution is 2.37. The van der Waals surface area contributed by atoms with Gasteiger partial charge in [0, 0.05) is 37.0 Å². The van der Waals surface area contributed by atoms with Crippen LogP contribution in [0.2, 0.25) is 5.02 Å². The number of nitrogens with zero attached hydrogens (tertiary/aromatic N) is 4. The molecule has 3 aromatic rings. The van der Waals surface area contributed by atoms with Crippen molar-refractivity contribution in [2.75, 3.05) is 46.2 Å². The van der Waals surface area contributed by atoms with E-state index in [-0.39, 0.29) is 23.5 Å². The van der Waals surface area contributed by atoms with Crippen molar-refractivity contribution in [2.24, 2.45) is 0 Å². The monoisotopic (exact) mass is 517 g/mol. The van der Waals surface area contributed by atoms with E-state index in [0.717, 1.165) is 6.07 Å². The first-order valence-electron chi connectivity index (χ1n) is 11.3. The zero-order chi connectivity index (χ0) is 25.8. The minimum atomic E-state index is -0.927. The van der Waals surface area contributed by atoms with Gasteiger partial charge in [-0.05, 0) is 32.3 Å². The number of hydrogen-bond donors (Lipinski definition) is 1. The van der Waals surface area contributed by atoms with Crippen LogP contribution in [0.5, 0.6) is 11.5 Å². The number of methoxy groups -OCH3 is 1. The third-order valence-electron chi connectivity index (χ3n) is 5.69. The summed E-state index contributed by atoms with van der Waals surface area (Å²) < 4.78 is 39.8. The van der Waals surface area contributed by atoms with Crippen LogP contribution in [-0.4, -0.2) is 72.6 Å². The Balaban J connectivity index is 1.56. The number of likely N-dealkylation sites (N-methyl/N-ethyl adjacent to an activating group) is 1. The number of carbonyl (C=O) groups excluding carboxylic acids is 1. The van der Waals surface area contributed by atoms with Crippen molar-refractivity contribution in [2.45, 2.75) is 12.5 Å². The molecule has 0 radical (unpaired) electrons. The van der Waals surface area contributed by atoms with Crippen molar-refractivity contribution in [1.29, 1.82) is 0 Å². The summed E-state index contributed by atoms with van der Waals surface area (Å²) in [5.41, 5.74) is 0.492. The van der Waals surface area contributed by atoms with Gasteiger partial charge in [0.25, 0.3) is 0 Å². The molecule has 0 bridgehead atoms. The molecule has 0 unspecified atom stereocenters. The standard InChI is InChI=1S/C25H26ClF2N5O3/c1-32(2)9-4-5-22(34)33-10-8-15(13-33)36-21-11-16-19(12-20(21)35-3)29-14-30-25(16)31-18-7-6-17(27)23(26)24(18)28/h4-7,11-12,14-15H,8-10,13H2,1-3H3,(H,29,30,31)/t15-/m0/s1. The van der Waals surface area contributed by atoms with Gasteiger partial charge in [-0.2, -0.15) is 0 Å². The maximum absolute atomic E-state index is 14.5. The number of benzene rings is 2. The average Bonchev–Trinajstić information content (AvgIpc) is 3.32. The minimum Gasteiger partial charge on any atom is -0.493 e. The third-order valence-corrected chi connectivity index (χ3v) is 6.04. The van der Waals surface area contributed by atoms with Gasteiger partial charge in [-0.25, -0.2) is 18.7 Å². The molecule has 190 valence electrons. The highest BCUT2D eigenvalue weighted by atomic mass is 35.5. The molecule has 36 heavy (non-hydrogen) atoms. The summed E-state index contributed by atoms with van der Waals surface area (Å²) in [5, 5.41) is 2.78. The Morgan fingerprint density at radius 2 is 2.08 bits per heavy atom. The smallest absolute Gasteiger partial charge is 0.246 e. The second-order valence-electron chi connectivity index (χ2n) is 8.57. The van der Waals surface area contributed by atoms with Crippen LogP contribution in [0.1, 0.15) is 6.42 Å². The first-order chi connectivity index (χ1) is 17.3. The first-order valence-corrected chi connectivity index (χ1v) is 11.6. The van der Waals surface area contributed by atoms with Gasteiger partial charge in [0.15, 0.2) is 17.3 Å². The topological polar surface area (TPSA) is 79.8 Å². The first kappa shape index (κ1) is 25.6. The van der Waals surface area contributed by atoms with Crippen LogP contribution >= 0.6 is 11.6 Å². The molecule has 8 nitrogen and oxygen atoms in total. The quantitative estimate of drug-likeness (QED) is 0.350. The number of likely N-dealkylation sites (tertiary alicyclic amines) is 1. The Bertz CT molecular complexity index is 1300. The van der Waals surface area contributed by atoms with E-state index in [1.54, 1.807) is 23.1 Å². The van der Waals surface area contributed by atoms with Gasteiger partial charge >= 0.3 is 0 Å². The molecule has 1 saturated heterocycles. The largest absolute Gasteiger partial charge is 0.493 e. The number of amides is 1. The Labute approximate surface area is 212 Å². The van der Waals surface area contributed by atoms with Gasteiger partial charge in [-0.1, -0.05) is 17.7 Å². The summed E-state index contributed by atoms with van der Waals surface area (Å²) in [7, 11) is 5.38. The van der Waals surface area contributed by atoms with E-state index in [1.165, 1.54) is 19.5 Å². The molecule has 1 aliphatic rings. The van der Waals surface area contributed by atoms with E-state index in [9.17, 15) is 13.6 Å². The normalized spacial score (nSPS) is 15.8. The lowest BCUT2D eigenvalue weighted by molar-refractivity contribution is -0.125. The Morgan fingerprint density at radius 3 is 2.83 bits per heavy atom. The van der Waals surface area contributed by atoms with Gasteiger partial charge in [0.05, 0.1) is 24.9 Å². The Kier molecular flexibility index (Phi) is 7.85. The molecule has 0 saturated carbocycles. The van der Waals surface area contributed by atoms with Crippen LogP contribution in [0.25, 0.3) is 10.9 Å². The predicted molar refractivity (Wildman–Crippen MR) is 134 cm³/mol. The number of rotatable bonds is 8. The Hall–Kier alpha value is -3.50. The van der Waals surface area contributed by atoms with E-state index in [0.29, 0.717) is 48.5 Å². The molecular formula is C25H26ClF2N5O3. The van der Waals surface area contributed by atoms with Crippen LogP contribution in [-0.2, 0) is 4.79 Å².